The van der Waals surface area contributed by atoms with Gasteiger partial charge in [-0.15, -0.1) is 11.8 Å². The van der Waals surface area contributed by atoms with Crippen molar-refractivity contribution in [3.63, 3.8) is 0 Å². The quantitative estimate of drug-likeness (QED) is 0.652. The van der Waals surface area contributed by atoms with E-state index in [2.05, 4.69) is 10.3 Å². The van der Waals surface area contributed by atoms with Crippen molar-refractivity contribution >= 4 is 40.1 Å². The molecule has 138 valence electrons. The van der Waals surface area contributed by atoms with Gasteiger partial charge in [-0.05, 0) is 26.0 Å². The van der Waals surface area contributed by atoms with Crippen LogP contribution in [0, 0.1) is 5.41 Å². The molecule has 1 aromatic rings. The second kappa shape index (κ2) is 9.67. The standard InChI is InChI=1S/C15H18ClF3N4OS/c1-3-23(14(24)10(2)25-9-15(17,18)19)12(13(16)20)8-22-11-5-4-6-21-7-11/h4-8,10,20,22H,3,9H2,1-2H3. The number of nitrogens with zero attached hydrogens (tertiary/aromatic N) is 2. The molecule has 0 fully saturated rings. The predicted octanol–water partition coefficient (Wildman–Crippen LogP) is 4.08. The Morgan fingerprint density at radius 2 is 2.24 bits per heavy atom. The molecule has 0 saturated carbocycles. The number of nitrogens with one attached hydrogen (secondary N) is 2. The molecule has 2 N–H and O–H groups in total. The summed E-state index contributed by atoms with van der Waals surface area (Å²) in [5, 5.41) is 9.17. The Labute approximate surface area is 153 Å². The second-order valence-corrected chi connectivity index (χ2v) is 6.59. The fourth-order valence-electron chi connectivity index (χ4n) is 1.81. The molecule has 5 nitrogen and oxygen atoms in total. The SMILES string of the molecule is CCN(C(=O)C(C)SCC(F)(F)F)C(=CNc1cccnc1)C(=N)Cl. The van der Waals surface area contributed by atoms with Gasteiger partial charge in [-0.3, -0.25) is 15.2 Å². The molecule has 0 aromatic carbocycles. The van der Waals surface area contributed by atoms with Crippen LogP contribution in [0.1, 0.15) is 13.8 Å². The maximum absolute atomic E-state index is 12.4. The van der Waals surface area contributed by atoms with Gasteiger partial charge in [0.1, 0.15) is 5.17 Å². The molecule has 0 radical (unpaired) electrons. The molecule has 1 atom stereocenters. The van der Waals surface area contributed by atoms with Crippen LogP contribution in [0.15, 0.2) is 36.4 Å². The van der Waals surface area contributed by atoms with E-state index in [0.29, 0.717) is 17.4 Å². The molecular weight excluding hydrogens is 377 g/mol. The maximum atomic E-state index is 12.4. The fourth-order valence-corrected chi connectivity index (χ4v) is 2.68. The Morgan fingerprint density at radius 1 is 1.56 bits per heavy atom. The van der Waals surface area contributed by atoms with E-state index in [1.54, 1.807) is 25.3 Å². The zero-order valence-corrected chi connectivity index (χ0v) is 15.2. The Hall–Kier alpha value is -1.74. The zero-order chi connectivity index (χ0) is 19.0. The third-order valence-electron chi connectivity index (χ3n) is 2.98. The summed E-state index contributed by atoms with van der Waals surface area (Å²) in [4.78, 5) is 17.5. The summed E-state index contributed by atoms with van der Waals surface area (Å²) in [7, 11) is 0. The minimum Gasteiger partial charge on any atom is -0.358 e. The molecule has 0 aliphatic rings. The molecule has 25 heavy (non-hydrogen) atoms. The minimum absolute atomic E-state index is 0.0671. The van der Waals surface area contributed by atoms with Gasteiger partial charge < -0.3 is 10.2 Å². The third-order valence-corrected chi connectivity index (χ3v) is 4.37. The summed E-state index contributed by atoms with van der Waals surface area (Å²) in [5.41, 5.74) is 0.679. The first-order valence-electron chi connectivity index (χ1n) is 7.26. The molecule has 0 bridgehead atoms. The van der Waals surface area contributed by atoms with Gasteiger partial charge in [-0.1, -0.05) is 11.6 Å². The first-order chi connectivity index (χ1) is 11.7. The van der Waals surface area contributed by atoms with Gasteiger partial charge in [-0.2, -0.15) is 13.2 Å². The topological polar surface area (TPSA) is 69.1 Å². The van der Waals surface area contributed by atoms with Crippen LogP contribution in [0.5, 0.6) is 0 Å². The van der Waals surface area contributed by atoms with Gasteiger partial charge in [0.25, 0.3) is 0 Å². The minimum atomic E-state index is -4.35. The van der Waals surface area contributed by atoms with Gasteiger partial charge in [0.15, 0.2) is 0 Å². The molecule has 10 heteroatoms. The number of thioether (sulfide) groups is 1. The van der Waals surface area contributed by atoms with E-state index < -0.39 is 28.3 Å². The largest absolute Gasteiger partial charge is 0.397 e. The summed E-state index contributed by atoms with van der Waals surface area (Å²) in [6.07, 6.45) is 0.123. The Kier molecular flexibility index (Phi) is 8.24. The number of halogens is 4. The number of anilines is 1. The average molecular weight is 395 g/mol. The van der Waals surface area contributed by atoms with Crippen LogP contribution >= 0.6 is 23.4 Å². The van der Waals surface area contributed by atoms with Crippen LogP contribution in [0.3, 0.4) is 0 Å². The lowest BCUT2D eigenvalue weighted by atomic mass is 10.3. The van der Waals surface area contributed by atoms with Crippen molar-refractivity contribution in [3.8, 4) is 0 Å². The van der Waals surface area contributed by atoms with E-state index in [1.165, 1.54) is 24.2 Å². The highest BCUT2D eigenvalue weighted by molar-refractivity contribution is 8.00. The highest BCUT2D eigenvalue weighted by Crippen LogP contribution is 2.26. The van der Waals surface area contributed by atoms with Crippen LogP contribution in [-0.4, -0.2) is 44.7 Å². The van der Waals surface area contributed by atoms with E-state index in [4.69, 9.17) is 17.0 Å². The Bertz CT molecular complexity index is 625. The smallest absolute Gasteiger partial charge is 0.358 e. The number of pyridine rings is 1. The number of hydrogen-bond acceptors (Lipinski definition) is 5. The zero-order valence-electron chi connectivity index (χ0n) is 13.6. The maximum Gasteiger partial charge on any atom is 0.397 e. The second-order valence-electron chi connectivity index (χ2n) is 4.88. The summed E-state index contributed by atoms with van der Waals surface area (Å²) < 4.78 is 37.0. The first kappa shape index (κ1) is 21.3. The molecule has 1 aromatic heterocycles. The van der Waals surface area contributed by atoms with E-state index in [-0.39, 0.29) is 12.2 Å². The summed E-state index contributed by atoms with van der Waals surface area (Å²) in [6, 6.07) is 3.42. The molecular formula is C15H18ClF3N4OS. The number of hydrogen-bond donors (Lipinski definition) is 2. The van der Waals surface area contributed by atoms with Crippen LogP contribution < -0.4 is 5.32 Å². The number of aromatic nitrogens is 1. The molecule has 1 amide bonds. The van der Waals surface area contributed by atoms with Crippen LogP contribution in [0.25, 0.3) is 0 Å². The number of amides is 1. The predicted molar refractivity (Wildman–Crippen MR) is 94.9 cm³/mol. The lowest BCUT2D eigenvalue weighted by molar-refractivity contribution is -0.127. The molecule has 0 aliphatic carbocycles. The van der Waals surface area contributed by atoms with Gasteiger partial charge in [0.05, 0.1) is 28.6 Å². The van der Waals surface area contributed by atoms with E-state index in [9.17, 15) is 18.0 Å². The summed E-state index contributed by atoms with van der Waals surface area (Å²) >= 11 is 6.25. The number of carbonyl (C=O) groups excluding carboxylic acids is 1. The van der Waals surface area contributed by atoms with Crippen molar-refractivity contribution in [2.75, 3.05) is 17.6 Å². The lowest BCUT2D eigenvalue weighted by Gasteiger charge is -2.26. The van der Waals surface area contributed by atoms with Gasteiger partial charge >= 0.3 is 6.18 Å². The van der Waals surface area contributed by atoms with Crippen molar-refractivity contribution in [2.24, 2.45) is 0 Å². The van der Waals surface area contributed by atoms with Crippen LogP contribution in [-0.2, 0) is 4.79 Å². The first-order valence-corrected chi connectivity index (χ1v) is 8.69. The number of allylic oxidation sites excluding steroid dienone is 1. The van der Waals surface area contributed by atoms with E-state index in [1.807, 2.05) is 0 Å². The van der Waals surface area contributed by atoms with Crippen molar-refractivity contribution < 1.29 is 18.0 Å². The molecule has 0 spiro atoms. The van der Waals surface area contributed by atoms with Crippen molar-refractivity contribution in [3.05, 3.63) is 36.4 Å². The Balaban J connectivity index is 2.90. The molecule has 0 saturated heterocycles. The number of rotatable bonds is 8. The van der Waals surface area contributed by atoms with Crippen LogP contribution in [0.2, 0.25) is 0 Å². The number of alkyl halides is 3. The fraction of sp³-hybridized carbons (Fsp3) is 0.400. The van der Waals surface area contributed by atoms with E-state index >= 15 is 0 Å². The van der Waals surface area contributed by atoms with Crippen LogP contribution in [0.4, 0.5) is 18.9 Å². The molecule has 1 rings (SSSR count). The Morgan fingerprint density at radius 3 is 2.72 bits per heavy atom. The average Bonchev–Trinajstić information content (AvgIpc) is 2.55. The lowest BCUT2D eigenvalue weighted by Crippen LogP contribution is -2.38. The molecule has 1 heterocycles. The third kappa shape index (κ3) is 7.35. The summed E-state index contributed by atoms with van der Waals surface area (Å²) in [6.45, 7) is 3.20. The van der Waals surface area contributed by atoms with Gasteiger partial charge in [0.2, 0.25) is 5.91 Å². The summed E-state index contributed by atoms with van der Waals surface area (Å²) in [5.74, 6) is -1.68. The molecule has 1 unspecified atom stereocenters. The van der Waals surface area contributed by atoms with Gasteiger partial charge in [0, 0.05) is 18.9 Å². The van der Waals surface area contributed by atoms with Crippen molar-refractivity contribution in [1.82, 2.24) is 9.88 Å². The number of carbonyl (C=O) groups is 1. The highest BCUT2D eigenvalue weighted by Gasteiger charge is 2.31. The van der Waals surface area contributed by atoms with E-state index in [0.717, 1.165) is 0 Å². The molecule has 0 aliphatic heterocycles. The highest BCUT2D eigenvalue weighted by atomic mass is 35.5. The van der Waals surface area contributed by atoms with Crippen molar-refractivity contribution in [2.45, 2.75) is 25.3 Å². The van der Waals surface area contributed by atoms with Gasteiger partial charge in [-0.25, -0.2) is 0 Å². The monoisotopic (exact) mass is 394 g/mol. The normalized spacial score (nSPS) is 13.3. The van der Waals surface area contributed by atoms with Crippen molar-refractivity contribution in [1.29, 1.82) is 5.41 Å².